The number of nitrogens with zero attached hydrogens (tertiary/aromatic N) is 4. The van der Waals surface area contributed by atoms with Crippen molar-refractivity contribution in [1.29, 1.82) is 0 Å². The highest BCUT2D eigenvalue weighted by Crippen LogP contribution is 2.43. The zero-order valence-corrected chi connectivity index (χ0v) is 40.7. The summed E-state index contributed by atoms with van der Waals surface area (Å²) in [7, 11) is 3.11. The van der Waals surface area contributed by atoms with Gasteiger partial charge in [-0.2, -0.15) is 13.2 Å². The van der Waals surface area contributed by atoms with Crippen LogP contribution >= 0.6 is 0 Å². The maximum absolute atomic E-state index is 15.0. The Morgan fingerprint density at radius 2 is 1.75 bits per heavy atom. The molecule has 0 radical (unpaired) electrons. The Hall–Kier alpha value is -6.14. The predicted molar refractivity (Wildman–Crippen MR) is 256 cm³/mol. The minimum absolute atomic E-state index is 0.0474. The van der Waals surface area contributed by atoms with Gasteiger partial charge in [-0.05, 0) is 110 Å². The van der Waals surface area contributed by atoms with Crippen LogP contribution in [0.5, 0.6) is 0 Å². The molecule has 2 aromatic carbocycles. The van der Waals surface area contributed by atoms with E-state index in [0.717, 1.165) is 31.2 Å². The average Bonchev–Trinajstić information content (AvgIpc) is 3.90. The van der Waals surface area contributed by atoms with Crippen molar-refractivity contribution in [1.82, 2.24) is 30.2 Å². The lowest BCUT2D eigenvalue weighted by Crippen LogP contribution is -2.50. The third-order valence-corrected chi connectivity index (χ3v) is 12.2. The number of halogens is 4. The van der Waals surface area contributed by atoms with Gasteiger partial charge in [0, 0.05) is 61.9 Å². The number of fused-ring (bicyclic) bond motifs is 1. The van der Waals surface area contributed by atoms with E-state index in [2.05, 4.69) is 22.4 Å². The second kappa shape index (κ2) is 25.5. The van der Waals surface area contributed by atoms with Gasteiger partial charge in [0.15, 0.2) is 0 Å². The molecule has 376 valence electrons. The zero-order valence-electron chi connectivity index (χ0n) is 40.7. The third kappa shape index (κ3) is 15.4. The Bertz CT molecular complexity index is 2400. The summed E-state index contributed by atoms with van der Waals surface area (Å²) in [5.41, 5.74) is 14.4. The fourth-order valence-electron chi connectivity index (χ4n) is 8.93. The first-order valence-corrected chi connectivity index (χ1v) is 23.1. The molecule has 0 bridgehead atoms. The van der Waals surface area contributed by atoms with Gasteiger partial charge in [-0.3, -0.25) is 34.4 Å². The van der Waals surface area contributed by atoms with Crippen LogP contribution in [-0.4, -0.2) is 103 Å². The highest BCUT2D eigenvalue weighted by atomic mass is 19.4. The number of likely N-dealkylation sites (N-methyl/N-ethyl adjacent to an activating group) is 1. The summed E-state index contributed by atoms with van der Waals surface area (Å²) in [6.07, 6.45) is 3.51. The smallest absolute Gasteiger partial charge is 0.406 e. The van der Waals surface area contributed by atoms with Gasteiger partial charge in [0.2, 0.25) is 24.1 Å². The van der Waals surface area contributed by atoms with Crippen LogP contribution in [0.4, 0.5) is 17.6 Å². The lowest BCUT2D eigenvalue weighted by Gasteiger charge is -2.30. The molecule has 1 fully saturated rings. The molecule has 1 aliphatic heterocycles. The standard InChI is InChI=1S/C37H44F4N4O4.C14H23N3O3/c1-25(48-4)34-30(11-9-14-42-34)35-32(20-36(2,3)22-49-24-47)31-19-27(12-13-33(31)45(35)21-37(39,40)41)28-16-26(17-29(38)18-28)10-7-5-6-8-15-43-44-23-46;1-5-11(18)17-7-6-10(8-17)14(20)16(4)12(9(2)3)13(15)19/h9,11-14,16-19,23-25,43H,5-8,10,15,20-22H2,1-4H3,(H,44,46);5,9-10,12H,1,6-8H2,2-4H3,(H2,15,19). The number of likely N-dealkylation sites (tertiary alicyclic amines) is 1. The quantitative estimate of drug-likeness (QED) is 0.0207. The molecule has 4 amide bonds. The van der Waals surface area contributed by atoms with Crippen LogP contribution in [0.15, 0.2) is 67.4 Å². The predicted octanol–water partition coefficient (Wildman–Crippen LogP) is 7.86. The molecule has 3 unspecified atom stereocenters. The number of amides is 4. The summed E-state index contributed by atoms with van der Waals surface area (Å²) >= 11 is 0. The number of hydrogen-bond acceptors (Lipinski definition) is 9. The van der Waals surface area contributed by atoms with E-state index in [4.69, 9.17) is 15.2 Å². The van der Waals surface area contributed by atoms with Crippen molar-refractivity contribution in [3.05, 3.63) is 90.0 Å². The first-order chi connectivity index (χ1) is 32.7. The number of ether oxygens (including phenoxy) is 2. The highest BCUT2D eigenvalue weighted by Gasteiger charge is 2.37. The molecule has 1 aliphatic rings. The van der Waals surface area contributed by atoms with Crippen molar-refractivity contribution >= 4 is 41.5 Å². The number of aryl methyl sites for hydroxylation is 1. The van der Waals surface area contributed by atoms with Crippen molar-refractivity contribution in [2.24, 2.45) is 23.0 Å². The molecule has 1 saturated heterocycles. The number of rotatable bonds is 24. The van der Waals surface area contributed by atoms with Gasteiger partial charge in [0.05, 0.1) is 30.0 Å². The van der Waals surface area contributed by atoms with E-state index >= 15 is 0 Å². The average molecular weight is 966 g/mol. The second-order valence-electron chi connectivity index (χ2n) is 18.5. The number of hydrazine groups is 1. The Balaban J connectivity index is 0.000000433. The molecule has 4 aromatic rings. The monoisotopic (exact) mass is 966 g/mol. The van der Waals surface area contributed by atoms with Crippen molar-refractivity contribution in [2.45, 2.75) is 104 Å². The molecule has 4 N–H and O–H groups in total. The molecule has 18 heteroatoms. The largest absolute Gasteiger partial charge is 0.467 e. The van der Waals surface area contributed by atoms with Gasteiger partial charge in [0.1, 0.15) is 18.4 Å². The van der Waals surface area contributed by atoms with E-state index in [-0.39, 0.29) is 36.7 Å². The summed E-state index contributed by atoms with van der Waals surface area (Å²) in [6.45, 7) is 13.4. The lowest BCUT2D eigenvalue weighted by atomic mass is 9.84. The number of pyridine rings is 1. The van der Waals surface area contributed by atoms with Crippen LogP contribution in [0.3, 0.4) is 0 Å². The number of alkyl halides is 3. The molecule has 2 aromatic heterocycles. The van der Waals surface area contributed by atoms with Crippen LogP contribution in [-0.2, 0) is 52.8 Å². The minimum atomic E-state index is -4.54. The summed E-state index contributed by atoms with van der Waals surface area (Å²) in [5.74, 6) is -1.53. The molecule has 0 aliphatic carbocycles. The van der Waals surface area contributed by atoms with Crippen LogP contribution < -0.4 is 16.6 Å². The van der Waals surface area contributed by atoms with Crippen LogP contribution in [0.25, 0.3) is 33.3 Å². The van der Waals surface area contributed by atoms with Gasteiger partial charge in [-0.1, -0.05) is 59.2 Å². The Morgan fingerprint density at radius 1 is 1.03 bits per heavy atom. The lowest BCUT2D eigenvalue weighted by molar-refractivity contribution is -0.142. The number of methoxy groups -OCH3 is 1. The summed E-state index contributed by atoms with van der Waals surface area (Å²) in [6, 6.07) is 12.9. The number of hydrogen-bond donors (Lipinski definition) is 3. The van der Waals surface area contributed by atoms with E-state index in [1.54, 1.807) is 49.3 Å². The molecule has 0 spiro atoms. The molecule has 3 atom stereocenters. The van der Waals surface area contributed by atoms with Gasteiger partial charge in [-0.15, -0.1) is 0 Å². The highest BCUT2D eigenvalue weighted by molar-refractivity contribution is 5.95. The van der Waals surface area contributed by atoms with Gasteiger partial charge >= 0.3 is 6.18 Å². The molecule has 0 saturated carbocycles. The van der Waals surface area contributed by atoms with Gasteiger partial charge in [-0.25, -0.2) is 9.82 Å². The number of carbonyl (C=O) groups is 5. The number of nitrogens with one attached hydrogen (secondary N) is 2. The van der Waals surface area contributed by atoms with Crippen molar-refractivity contribution in [3.63, 3.8) is 0 Å². The van der Waals surface area contributed by atoms with Crippen LogP contribution in [0.2, 0.25) is 0 Å². The number of benzene rings is 2. The number of nitrogens with two attached hydrogens (primary N) is 1. The second-order valence-corrected chi connectivity index (χ2v) is 18.5. The SMILES string of the molecule is C=CC(=O)N1CCC(C(=O)N(C)C(C(N)=O)C(C)C)C1.COC(C)c1ncccc1-c1c(CC(C)(C)COC=O)c2cc(-c3cc(F)cc(CCCCCCNNC=O)c3)ccc2n1CC(F)(F)F. The number of primary amides is 1. The molecular weight excluding hydrogens is 899 g/mol. The third-order valence-electron chi connectivity index (χ3n) is 12.2. The molecular formula is C51H67F4N7O7. The van der Waals surface area contributed by atoms with Crippen LogP contribution in [0, 0.1) is 23.1 Å². The maximum Gasteiger partial charge on any atom is 0.406 e. The summed E-state index contributed by atoms with van der Waals surface area (Å²) in [4.78, 5) is 64.3. The molecule has 14 nitrogen and oxygen atoms in total. The summed E-state index contributed by atoms with van der Waals surface area (Å²) in [5, 5.41) is 0.583. The Labute approximate surface area is 401 Å². The molecule has 69 heavy (non-hydrogen) atoms. The Morgan fingerprint density at radius 3 is 2.39 bits per heavy atom. The van der Waals surface area contributed by atoms with E-state index in [0.29, 0.717) is 89.9 Å². The first-order valence-electron chi connectivity index (χ1n) is 23.1. The minimum Gasteiger partial charge on any atom is -0.467 e. The van der Waals surface area contributed by atoms with Gasteiger partial charge < -0.3 is 29.6 Å². The fourth-order valence-corrected chi connectivity index (χ4v) is 8.93. The number of aromatic nitrogens is 2. The van der Waals surface area contributed by atoms with E-state index in [1.807, 2.05) is 39.8 Å². The van der Waals surface area contributed by atoms with Crippen molar-refractivity contribution in [2.75, 3.05) is 40.4 Å². The van der Waals surface area contributed by atoms with Crippen LogP contribution in [0.1, 0.15) is 89.6 Å². The first kappa shape index (κ1) is 55.5. The van der Waals surface area contributed by atoms with E-state index in [1.165, 1.54) is 34.8 Å². The topological polar surface area (TPSA) is 178 Å². The zero-order chi connectivity index (χ0) is 51.1. The van der Waals surface area contributed by atoms with Gasteiger partial charge in [0.25, 0.3) is 6.47 Å². The van der Waals surface area contributed by atoms with E-state index in [9.17, 15) is 41.5 Å². The number of unbranched alkanes of at least 4 members (excludes halogenated alkanes) is 3. The van der Waals surface area contributed by atoms with Crippen molar-refractivity contribution in [3.8, 4) is 22.4 Å². The molecule has 3 heterocycles. The molecule has 5 rings (SSSR count). The Kier molecular flexibility index (Phi) is 20.5. The number of carbonyl (C=O) groups excluding carboxylic acids is 5. The van der Waals surface area contributed by atoms with E-state index < -0.39 is 42.0 Å². The maximum atomic E-state index is 15.0. The normalized spacial score (nSPS) is 14.7. The fraction of sp³-hybridized carbons (Fsp3) is 0.490. The van der Waals surface area contributed by atoms with Crippen molar-refractivity contribution < 1.29 is 51.0 Å². The summed E-state index contributed by atoms with van der Waals surface area (Å²) < 4.78 is 69.8.